The van der Waals surface area contributed by atoms with Crippen LogP contribution in [-0.2, 0) is 0 Å². The van der Waals surface area contributed by atoms with Crippen LogP contribution in [0.2, 0.25) is 0 Å². The van der Waals surface area contributed by atoms with Crippen LogP contribution in [-0.4, -0.2) is 19.5 Å². The SMILES string of the molecule is C[C@H]1c2ccccc2-c2cc3c(cc21)c1ccccc1n3-c1ccc(-c2nc(-c3ccccc3)nc(-c3ccccc3)n2)c(C#N)c1C#N. The van der Waals surface area contributed by atoms with Gasteiger partial charge in [0.15, 0.2) is 17.5 Å². The number of benzene rings is 6. The summed E-state index contributed by atoms with van der Waals surface area (Å²) in [7, 11) is 0. The first-order valence-corrected chi connectivity index (χ1v) is 16.2. The molecule has 228 valence electrons. The molecule has 0 saturated carbocycles. The number of fused-ring (bicyclic) bond motifs is 6. The van der Waals surface area contributed by atoms with E-state index in [4.69, 9.17) is 15.0 Å². The summed E-state index contributed by atoms with van der Waals surface area (Å²) in [5.74, 6) is 1.58. The Bertz CT molecular complexity index is 2640. The van der Waals surface area contributed by atoms with E-state index in [1.807, 2.05) is 84.9 Å². The van der Waals surface area contributed by atoms with Crippen LogP contribution in [0.3, 0.4) is 0 Å². The highest BCUT2D eigenvalue weighted by molar-refractivity contribution is 6.11. The van der Waals surface area contributed by atoms with Gasteiger partial charge in [0.1, 0.15) is 12.1 Å². The van der Waals surface area contributed by atoms with E-state index < -0.39 is 0 Å². The minimum Gasteiger partial charge on any atom is -0.308 e. The number of nitrogens with zero attached hydrogens (tertiary/aromatic N) is 6. The lowest BCUT2D eigenvalue weighted by Crippen LogP contribution is -2.05. The molecule has 1 atom stereocenters. The third-order valence-electron chi connectivity index (χ3n) is 9.62. The standard InChI is InChI=1S/C43H26N6/c1-26-29-16-8-9-17-30(29)34-23-40-35(22-33(26)34)31-18-10-11-19-38(31)49(40)39-21-20-32(36(24-44)37(39)25-45)43-47-41(27-12-4-2-5-13-27)46-42(48-43)28-14-6-3-7-15-28/h2-23,26H,1H3/t26-/m0/s1. The summed E-state index contributed by atoms with van der Waals surface area (Å²) in [5, 5.41) is 23.7. The van der Waals surface area contributed by atoms with Gasteiger partial charge in [0, 0.05) is 33.4 Å². The van der Waals surface area contributed by atoms with E-state index in [1.165, 1.54) is 22.3 Å². The smallest absolute Gasteiger partial charge is 0.165 e. The van der Waals surface area contributed by atoms with Crippen molar-refractivity contribution in [3.8, 4) is 63.1 Å². The molecule has 6 aromatic carbocycles. The predicted molar refractivity (Wildman–Crippen MR) is 193 cm³/mol. The maximum absolute atomic E-state index is 10.8. The van der Waals surface area contributed by atoms with Gasteiger partial charge in [-0.3, -0.25) is 0 Å². The van der Waals surface area contributed by atoms with Gasteiger partial charge in [-0.1, -0.05) is 110 Å². The second-order valence-electron chi connectivity index (χ2n) is 12.3. The Morgan fingerprint density at radius 2 is 1.12 bits per heavy atom. The zero-order valence-corrected chi connectivity index (χ0v) is 26.5. The normalized spacial score (nSPS) is 13.2. The number of hydrogen-bond acceptors (Lipinski definition) is 5. The molecule has 0 radical (unpaired) electrons. The van der Waals surface area contributed by atoms with Crippen molar-refractivity contribution in [1.82, 2.24) is 19.5 Å². The Morgan fingerprint density at radius 1 is 0.510 bits per heavy atom. The average molecular weight is 627 g/mol. The topological polar surface area (TPSA) is 91.2 Å². The molecule has 0 amide bonds. The van der Waals surface area contributed by atoms with E-state index in [0.29, 0.717) is 28.7 Å². The molecular formula is C43H26N6. The first-order chi connectivity index (χ1) is 24.1. The molecule has 1 aliphatic carbocycles. The summed E-state index contributed by atoms with van der Waals surface area (Å²) in [6.45, 7) is 2.26. The number of aromatic nitrogens is 4. The van der Waals surface area contributed by atoms with E-state index in [0.717, 1.165) is 32.9 Å². The van der Waals surface area contributed by atoms with Crippen molar-refractivity contribution in [2.24, 2.45) is 0 Å². The molecule has 2 aromatic heterocycles. The molecule has 6 heteroatoms. The molecule has 2 heterocycles. The highest BCUT2D eigenvalue weighted by Gasteiger charge is 2.28. The van der Waals surface area contributed by atoms with Gasteiger partial charge in [-0.25, -0.2) is 15.0 Å². The van der Waals surface area contributed by atoms with Gasteiger partial charge in [-0.15, -0.1) is 0 Å². The van der Waals surface area contributed by atoms with Crippen LogP contribution in [0.1, 0.15) is 35.1 Å². The van der Waals surface area contributed by atoms with Crippen LogP contribution in [0.4, 0.5) is 0 Å². The maximum atomic E-state index is 10.8. The summed E-state index contributed by atoms with van der Waals surface area (Å²) in [6, 6.07) is 49.3. The van der Waals surface area contributed by atoms with Crippen LogP contribution < -0.4 is 0 Å². The van der Waals surface area contributed by atoms with Gasteiger partial charge >= 0.3 is 0 Å². The van der Waals surface area contributed by atoms with Crippen molar-refractivity contribution >= 4 is 21.8 Å². The van der Waals surface area contributed by atoms with E-state index in [1.54, 1.807) is 0 Å². The lowest BCUT2D eigenvalue weighted by Gasteiger charge is -2.15. The summed E-state index contributed by atoms with van der Waals surface area (Å²) < 4.78 is 2.12. The van der Waals surface area contributed by atoms with Gasteiger partial charge < -0.3 is 4.57 Å². The lowest BCUT2D eigenvalue weighted by atomic mass is 9.97. The molecule has 9 rings (SSSR count). The van der Waals surface area contributed by atoms with Crippen LogP contribution >= 0.6 is 0 Å². The lowest BCUT2D eigenvalue weighted by molar-refractivity contribution is 0.958. The molecule has 8 aromatic rings. The summed E-state index contributed by atoms with van der Waals surface area (Å²) in [6.07, 6.45) is 0. The van der Waals surface area contributed by atoms with Crippen molar-refractivity contribution < 1.29 is 0 Å². The van der Waals surface area contributed by atoms with Crippen LogP contribution in [0.5, 0.6) is 0 Å². The Labute approximate surface area is 282 Å². The van der Waals surface area contributed by atoms with Crippen molar-refractivity contribution in [2.75, 3.05) is 0 Å². The minimum atomic E-state index is 0.218. The van der Waals surface area contributed by atoms with Crippen molar-refractivity contribution in [1.29, 1.82) is 10.5 Å². The first-order valence-electron chi connectivity index (χ1n) is 16.2. The van der Waals surface area contributed by atoms with Crippen LogP contribution in [0.25, 0.3) is 72.8 Å². The number of hydrogen-bond donors (Lipinski definition) is 0. The molecule has 0 fully saturated rings. The zero-order valence-electron chi connectivity index (χ0n) is 26.5. The summed E-state index contributed by atoms with van der Waals surface area (Å²) in [5.41, 5.74) is 10.2. The molecule has 49 heavy (non-hydrogen) atoms. The quantitative estimate of drug-likeness (QED) is 0.194. The van der Waals surface area contributed by atoms with Gasteiger partial charge in [-0.05, 0) is 52.6 Å². The second-order valence-corrected chi connectivity index (χ2v) is 12.3. The fraction of sp³-hybridized carbons (Fsp3) is 0.0465. The minimum absolute atomic E-state index is 0.218. The van der Waals surface area contributed by atoms with E-state index in [2.05, 4.69) is 72.2 Å². The summed E-state index contributed by atoms with van der Waals surface area (Å²) >= 11 is 0. The van der Waals surface area contributed by atoms with Gasteiger partial charge in [0.2, 0.25) is 0 Å². The van der Waals surface area contributed by atoms with E-state index in [9.17, 15) is 10.5 Å². The molecule has 0 N–H and O–H groups in total. The Kier molecular flexibility index (Phi) is 6.43. The average Bonchev–Trinajstić information content (AvgIpc) is 3.64. The van der Waals surface area contributed by atoms with Crippen LogP contribution in [0.15, 0.2) is 133 Å². The second kappa shape index (κ2) is 11.1. The molecule has 0 unspecified atom stereocenters. The largest absolute Gasteiger partial charge is 0.308 e. The fourth-order valence-corrected chi connectivity index (χ4v) is 7.29. The monoisotopic (exact) mass is 626 g/mol. The van der Waals surface area contributed by atoms with Crippen molar-refractivity contribution in [3.05, 3.63) is 156 Å². The molecule has 6 nitrogen and oxygen atoms in total. The number of nitriles is 2. The molecular weight excluding hydrogens is 601 g/mol. The third-order valence-corrected chi connectivity index (χ3v) is 9.62. The number of rotatable bonds is 4. The Morgan fingerprint density at radius 3 is 1.82 bits per heavy atom. The van der Waals surface area contributed by atoms with Crippen LogP contribution in [0, 0.1) is 22.7 Å². The van der Waals surface area contributed by atoms with Gasteiger partial charge in [0.05, 0.1) is 27.8 Å². The van der Waals surface area contributed by atoms with Crippen molar-refractivity contribution in [2.45, 2.75) is 12.8 Å². The molecule has 1 aliphatic rings. The predicted octanol–water partition coefficient (Wildman–Crippen LogP) is 9.85. The first kappa shape index (κ1) is 28.3. The van der Waals surface area contributed by atoms with Gasteiger partial charge in [-0.2, -0.15) is 10.5 Å². The number of para-hydroxylation sites is 1. The maximum Gasteiger partial charge on any atom is 0.165 e. The molecule has 0 saturated heterocycles. The molecule has 0 spiro atoms. The Hall–Kier alpha value is -6.89. The zero-order chi connectivity index (χ0) is 33.1. The molecule has 0 aliphatic heterocycles. The van der Waals surface area contributed by atoms with E-state index >= 15 is 0 Å². The summed E-state index contributed by atoms with van der Waals surface area (Å²) in [4.78, 5) is 14.5. The van der Waals surface area contributed by atoms with Crippen molar-refractivity contribution in [3.63, 3.8) is 0 Å². The van der Waals surface area contributed by atoms with E-state index in [-0.39, 0.29) is 17.0 Å². The highest BCUT2D eigenvalue weighted by atomic mass is 15.0. The molecule has 0 bridgehead atoms. The third kappa shape index (κ3) is 4.36. The highest BCUT2D eigenvalue weighted by Crippen LogP contribution is 2.48. The fourth-order valence-electron chi connectivity index (χ4n) is 7.29. The van der Waals surface area contributed by atoms with Gasteiger partial charge in [0.25, 0.3) is 0 Å². The Balaban J connectivity index is 1.30.